The molecule has 11 nitrogen and oxygen atoms in total. The molecule has 1 heterocycles. The summed E-state index contributed by atoms with van der Waals surface area (Å²) in [7, 11) is -4.04. The SMILES string of the molecule is Cc1c(C(=O)Nc2ccc(-c3ccc(S(=O)(=O)N[C@H](C(=O)O)C(C)C)cc3)cc2)oc2cccc(NC(=O)OC(C)(C)C)c12. The maximum absolute atomic E-state index is 13.2. The summed E-state index contributed by atoms with van der Waals surface area (Å²) in [5, 5.41) is 15.5. The smallest absolute Gasteiger partial charge is 0.412 e. The summed E-state index contributed by atoms with van der Waals surface area (Å²) in [6.07, 6.45) is -0.623. The Morgan fingerprint density at radius 3 is 2.02 bits per heavy atom. The van der Waals surface area contributed by atoms with Crippen molar-refractivity contribution < 1.29 is 37.1 Å². The minimum atomic E-state index is -4.04. The molecule has 0 aliphatic carbocycles. The van der Waals surface area contributed by atoms with Gasteiger partial charge in [0, 0.05) is 16.6 Å². The highest BCUT2D eigenvalue weighted by Gasteiger charge is 2.28. The van der Waals surface area contributed by atoms with Crippen molar-refractivity contribution in [2.45, 2.75) is 58.1 Å². The van der Waals surface area contributed by atoms with Crippen LogP contribution in [0.1, 0.15) is 50.7 Å². The van der Waals surface area contributed by atoms with Gasteiger partial charge in [-0.15, -0.1) is 0 Å². The molecule has 0 spiro atoms. The molecule has 0 aliphatic heterocycles. The topological polar surface area (TPSA) is 164 Å². The monoisotopic (exact) mass is 621 g/mol. The molecule has 0 radical (unpaired) electrons. The van der Waals surface area contributed by atoms with Crippen LogP contribution in [0, 0.1) is 12.8 Å². The number of rotatable bonds is 9. The molecule has 4 aromatic rings. The molecule has 44 heavy (non-hydrogen) atoms. The van der Waals surface area contributed by atoms with Gasteiger partial charge in [0.25, 0.3) is 5.91 Å². The number of carbonyl (C=O) groups is 3. The number of aliphatic carboxylic acids is 1. The lowest BCUT2D eigenvalue weighted by atomic mass is 10.1. The van der Waals surface area contributed by atoms with Crippen LogP contribution in [-0.4, -0.2) is 43.1 Å². The number of nitrogens with one attached hydrogen (secondary N) is 3. The average Bonchev–Trinajstić information content (AvgIpc) is 3.28. The van der Waals surface area contributed by atoms with Gasteiger partial charge in [0.15, 0.2) is 5.76 Å². The normalized spacial score (nSPS) is 12.6. The van der Waals surface area contributed by atoms with Crippen molar-refractivity contribution in [2.75, 3.05) is 10.6 Å². The molecule has 2 amide bonds. The number of fused-ring (bicyclic) bond motifs is 1. The van der Waals surface area contributed by atoms with Crippen molar-refractivity contribution in [3.05, 3.63) is 78.1 Å². The van der Waals surface area contributed by atoms with Crippen LogP contribution in [0.25, 0.3) is 22.1 Å². The second kappa shape index (κ2) is 12.5. The first-order valence-corrected chi connectivity index (χ1v) is 15.3. The second-order valence-corrected chi connectivity index (χ2v) is 13.3. The van der Waals surface area contributed by atoms with Crippen LogP contribution in [0.15, 0.2) is 76.0 Å². The number of carboxylic acids is 1. The fourth-order valence-electron chi connectivity index (χ4n) is 4.50. The number of hydrogen-bond donors (Lipinski definition) is 4. The number of carbonyl (C=O) groups excluding carboxylic acids is 2. The number of carboxylic acid groups (broad SMARTS) is 1. The molecule has 3 aromatic carbocycles. The van der Waals surface area contributed by atoms with E-state index in [1.807, 2.05) is 0 Å². The molecule has 1 aromatic heterocycles. The van der Waals surface area contributed by atoms with E-state index >= 15 is 0 Å². The summed E-state index contributed by atoms with van der Waals surface area (Å²) in [6.45, 7) is 10.3. The molecule has 4 N–H and O–H groups in total. The van der Waals surface area contributed by atoms with Crippen LogP contribution in [0.5, 0.6) is 0 Å². The minimum absolute atomic E-state index is 0.0531. The quantitative estimate of drug-likeness (QED) is 0.167. The lowest BCUT2D eigenvalue weighted by Crippen LogP contribution is -2.44. The predicted octanol–water partition coefficient (Wildman–Crippen LogP) is 6.40. The summed E-state index contributed by atoms with van der Waals surface area (Å²) in [5.41, 5.74) is 2.75. The van der Waals surface area contributed by atoms with E-state index in [2.05, 4.69) is 15.4 Å². The summed E-state index contributed by atoms with van der Waals surface area (Å²) in [6, 6.07) is 16.8. The first-order valence-electron chi connectivity index (χ1n) is 13.8. The van der Waals surface area contributed by atoms with Gasteiger partial charge in [-0.1, -0.05) is 44.2 Å². The van der Waals surface area contributed by atoms with Gasteiger partial charge in [-0.2, -0.15) is 4.72 Å². The molecule has 232 valence electrons. The predicted molar refractivity (Wildman–Crippen MR) is 167 cm³/mol. The summed E-state index contributed by atoms with van der Waals surface area (Å²) in [5.74, 6) is -2.06. The number of anilines is 2. The molecule has 0 unspecified atom stereocenters. The van der Waals surface area contributed by atoms with Crippen molar-refractivity contribution in [1.82, 2.24) is 4.72 Å². The fraction of sp³-hybridized carbons (Fsp3) is 0.281. The van der Waals surface area contributed by atoms with Gasteiger partial charge in [0.1, 0.15) is 17.2 Å². The van der Waals surface area contributed by atoms with Gasteiger partial charge in [-0.05, 0) is 81.1 Å². The van der Waals surface area contributed by atoms with Crippen LogP contribution >= 0.6 is 0 Å². The third kappa shape index (κ3) is 7.44. The standard InChI is InChI=1S/C32H35N3O8S/c1-18(2)27(30(37)38)35-44(40,41)23-16-12-21(13-17-23)20-10-14-22(15-11-20)33-29(36)28-19(3)26-24(8-7-9-25(26)42-28)34-31(39)43-32(4,5)6/h7-18,27,35H,1-6H3,(H,33,36)(H,34,39)(H,37,38)/t27-/m0/s1. The second-order valence-electron chi connectivity index (χ2n) is 11.6. The van der Waals surface area contributed by atoms with E-state index in [4.69, 9.17) is 9.15 Å². The Balaban J connectivity index is 1.47. The van der Waals surface area contributed by atoms with Crippen LogP contribution in [-0.2, 0) is 19.6 Å². The first-order chi connectivity index (χ1) is 20.6. The summed E-state index contributed by atoms with van der Waals surface area (Å²) < 4.78 is 38.9. The van der Waals surface area contributed by atoms with Crippen molar-refractivity contribution in [3.8, 4) is 11.1 Å². The Labute approximate surface area is 255 Å². The molecule has 0 bridgehead atoms. The molecular formula is C32H35N3O8S. The van der Waals surface area contributed by atoms with Crippen LogP contribution in [0.3, 0.4) is 0 Å². The number of sulfonamides is 1. The van der Waals surface area contributed by atoms with Gasteiger partial charge in [-0.3, -0.25) is 14.9 Å². The number of ether oxygens (including phenoxy) is 1. The van der Waals surface area contributed by atoms with Crippen molar-refractivity contribution in [1.29, 1.82) is 0 Å². The maximum Gasteiger partial charge on any atom is 0.412 e. The van der Waals surface area contributed by atoms with E-state index in [-0.39, 0.29) is 10.7 Å². The highest BCUT2D eigenvalue weighted by atomic mass is 32.2. The largest absolute Gasteiger partial charge is 0.480 e. The highest BCUT2D eigenvalue weighted by molar-refractivity contribution is 7.89. The van der Waals surface area contributed by atoms with Crippen molar-refractivity contribution >= 4 is 50.3 Å². The maximum atomic E-state index is 13.2. The molecule has 0 saturated carbocycles. The third-order valence-corrected chi connectivity index (χ3v) is 8.11. The minimum Gasteiger partial charge on any atom is -0.480 e. The number of amides is 2. The Bertz CT molecular complexity index is 1800. The molecule has 0 saturated heterocycles. The molecule has 1 atom stereocenters. The van der Waals surface area contributed by atoms with Crippen LogP contribution in [0.2, 0.25) is 0 Å². The molecule has 12 heteroatoms. The molecule has 4 rings (SSSR count). The van der Waals surface area contributed by atoms with E-state index in [1.165, 1.54) is 12.1 Å². The van der Waals surface area contributed by atoms with Gasteiger partial charge < -0.3 is 19.6 Å². The fourth-order valence-corrected chi connectivity index (χ4v) is 5.84. The van der Waals surface area contributed by atoms with Gasteiger partial charge >= 0.3 is 12.1 Å². The Morgan fingerprint density at radius 2 is 1.48 bits per heavy atom. The first kappa shape index (κ1) is 32.2. The molecule has 0 aliphatic rings. The van der Waals surface area contributed by atoms with Gasteiger partial charge in [0.2, 0.25) is 10.0 Å². The average molecular weight is 622 g/mol. The van der Waals surface area contributed by atoms with Crippen molar-refractivity contribution in [2.24, 2.45) is 5.92 Å². The Kier molecular flexibility index (Phi) is 9.17. The number of benzene rings is 3. The van der Waals surface area contributed by atoms with Crippen LogP contribution < -0.4 is 15.4 Å². The molecular weight excluding hydrogens is 586 g/mol. The number of furan rings is 1. The summed E-state index contributed by atoms with van der Waals surface area (Å²) >= 11 is 0. The third-order valence-electron chi connectivity index (χ3n) is 6.65. The van der Waals surface area contributed by atoms with E-state index in [0.717, 1.165) is 11.1 Å². The van der Waals surface area contributed by atoms with E-state index in [9.17, 15) is 27.9 Å². The Hall–Kier alpha value is -4.68. The zero-order valence-electron chi connectivity index (χ0n) is 25.2. The lowest BCUT2D eigenvalue weighted by molar-refractivity contribution is -0.140. The zero-order valence-corrected chi connectivity index (χ0v) is 26.0. The zero-order chi connectivity index (χ0) is 32.4. The van der Waals surface area contributed by atoms with Gasteiger partial charge in [-0.25, -0.2) is 13.2 Å². The summed E-state index contributed by atoms with van der Waals surface area (Å²) in [4.78, 5) is 36.9. The van der Waals surface area contributed by atoms with Crippen LogP contribution in [0.4, 0.5) is 16.2 Å². The lowest BCUT2D eigenvalue weighted by Gasteiger charge is -2.19. The highest BCUT2D eigenvalue weighted by Crippen LogP contribution is 2.33. The van der Waals surface area contributed by atoms with Gasteiger partial charge in [0.05, 0.1) is 10.6 Å². The van der Waals surface area contributed by atoms with Crippen molar-refractivity contribution in [3.63, 3.8) is 0 Å². The van der Waals surface area contributed by atoms with E-state index in [0.29, 0.717) is 27.9 Å². The number of aryl methyl sites for hydroxylation is 1. The number of hydrogen-bond acceptors (Lipinski definition) is 7. The van der Waals surface area contributed by atoms with E-state index in [1.54, 1.807) is 96.1 Å². The Morgan fingerprint density at radius 1 is 0.886 bits per heavy atom. The van der Waals surface area contributed by atoms with E-state index < -0.39 is 45.6 Å². The molecule has 0 fully saturated rings.